The molecule has 3 heterocycles. The lowest BCUT2D eigenvalue weighted by atomic mass is 10.1. The van der Waals surface area contributed by atoms with Gasteiger partial charge in [-0.1, -0.05) is 18.2 Å². The highest BCUT2D eigenvalue weighted by molar-refractivity contribution is 5.93. The van der Waals surface area contributed by atoms with Crippen LogP contribution in [0.25, 0.3) is 10.9 Å². The number of ether oxygens (including phenoxy) is 1. The van der Waals surface area contributed by atoms with E-state index >= 15 is 0 Å². The van der Waals surface area contributed by atoms with Gasteiger partial charge in [0, 0.05) is 43.0 Å². The smallest absolute Gasteiger partial charge is 0.270 e. The molecule has 0 atom stereocenters. The zero-order valence-corrected chi connectivity index (χ0v) is 15.3. The van der Waals surface area contributed by atoms with Crippen molar-refractivity contribution < 1.29 is 9.53 Å². The fraction of sp³-hybridized carbons (Fsp3) is 0.286. The van der Waals surface area contributed by atoms with Gasteiger partial charge in [0.2, 0.25) is 5.88 Å². The van der Waals surface area contributed by atoms with Gasteiger partial charge >= 0.3 is 0 Å². The fourth-order valence-corrected chi connectivity index (χ4v) is 3.45. The van der Waals surface area contributed by atoms with Crippen LogP contribution in [0.15, 0.2) is 48.7 Å². The van der Waals surface area contributed by atoms with Crippen molar-refractivity contribution in [1.82, 2.24) is 15.3 Å². The molecule has 2 aromatic heterocycles. The fourth-order valence-electron chi connectivity index (χ4n) is 3.45. The lowest BCUT2D eigenvalue weighted by molar-refractivity contribution is 0.0946. The first kappa shape index (κ1) is 17.3. The molecule has 1 aliphatic heterocycles. The van der Waals surface area contributed by atoms with Gasteiger partial charge in [-0.3, -0.25) is 9.78 Å². The number of nitrogens with one attached hydrogen (secondary N) is 1. The predicted octanol–water partition coefficient (Wildman–Crippen LogP) is 3.17. The number of hydrogen-bond donors (Lipinski definition) is 1. The molecule has 0 aliphatic carbocycles. The number of benzene rings is 1. The van der Waals surface area contributed by atoms with Crippen LogP contribution in [-0.2, 0) is 6.54 Å². The van der Waals surface area contributed by atoms with Crippen molar-refractivity contribution in [1.29, 1.82) is 0 Å². The molecule has 1 N–H and O–H groups in total. The third-order valence-electron chi connectivity index (χ3n) is 4.87. The second-order valence-electron chi connectivity index (χ2n) is 6.62. The predicted molar refractivity (Wildman–Crippen MR) is 105 cm³/mol. The Morgan fingerprint density at radius 3 is 2.81 bits per heavy atom. The topological polar surface area (TPSA) is 67.3 Å². The van der Waals surface area contributed by atoms with E-state index < -0.39 is 0 Å². The Labute approximate surface area is 158 Å². The molecule has 1 amide bonds. The number of carbonyl (C=O) groups excluding carboxylic acids is 1. The van der Waals surface area contributed by atoms with Crippen molar-refractivity contribution in [3.63, 3.8) is 0 Å². The Morgan fingerprint density at radius 2 is 2.00 bits per heavy atom. The van der Waals surface area contributed by atoms with Gasteiger partial charge in [-0.15, -0.1) is 0 Å². The van der Waals surface area contributed by atoms with E-state index in [1.165, 1.54) is 12.8 Å². The molecule has 0 spiro atoms. The van der Waals surface area contributed by atoms with E-state index in [4.69, 9.17) is 4.74 Å². The highest BCUT2D eigenvalue weighted by Crippen LogP contribution is 2.22. The number of fused-ring (bicyclic) bond motifs is 1. The third kappa shape index (κ3) is 3.69. The van der Waals surface area contributed by atoms with Crippen molar-refractivity contribution in [2.24, 2.45) is 0 Å². The van der Waals surface area contributed by atoms with E-state index in [0.29, 0.717) is 18.1 Å². The van der Waals surface area contributed by atoms with Crippen LogP contribution < -0.4 is 15.0 Å². The van der Waals surface area contributed by atoms with E-state index in [-0.39, 0.29) is 5.91 Å². The maximum atomic E-state index is 12.6. The monoisotopic (exact) mass is 362 g/mol. The van der Waals surface area contributed by atoms with Crippen LogP contribution in [0.4, 0.5) is 5.69 Å². The SMILES string of the molecule is COc1cc(CNC(=O)c2cc(N3CCCC3)ccn2)c2ccccc2n1. The molecule has 0 radical (unpaired) electrons. The van der Waals surface area contributed by atoms with E-state index in [1.54, 1.807) is 13.3 Å². The maximum Gasteiger partial charge on any atom is 0.270 e. The molecule has 0 unspecified atom stereocenters. The van der Waals surface area contributed by atoms with Crippen molar-refractivity contribution in [2.75, 3.05) is 25.1 Å². The highest BCUT2D eigenvalue weighted by Gasteiger charge is 2.15. The summed E-state index contributed by atoms with van der Waals surface area (Å²) in [5.41, 5.74) is 3.30. The molecule has 4 rings (SSSR count). The van der Waals surface area contributed by atoms with Crippen molar-refractivity contribution in [3.05, 3.63) is 59.9 Å². The number of nitrogens with zero attached hydrogens (tertiary/aromatic N) is 3. The zero-order valence-electron chi connectivity index (χ0n) is 15.3. The summed E-state index contributed by atoms with van der Waals surface area (Å²) in [5.74, 6) is 0.350. The number of hydrogen-bond acceptors (Lipinski definition) is 5. The van der Waals surface area contributed by atoms with Gasteiger partial charge in [0.25, 0.3) is 5.91 Å². The van der Waals surface area contributed by atoms with Crippen LogP contribution in [0.1, 0.15) is 28.9 Å². The number of anilines is 1. The summed E-state index contributed by atoms with van der Waals surface area (Å²) in [6.07, 6.45) is 4.09. The Balaban J connectivity index is 1.53. The molecule has 1 aliphatic rings. The average molecular weight is 362 g/mol. The molecule has 0 saturated carbocycles. The summed E-state index contributed by atoms with van der Waals surface area (Å²) in [6, 6.07) is 13.5. The van der Waals surface area contributed by atoms with Crippen LogP contribution in [0, 0.1) is 0 Å². The Kier molecular flexibility index (Phi) is 4.87. The van der Waals surface area contributed by atoms with Crippen LogP contribution in [0.2, 0.25) is 0 Å². The quantitative estimate of drug-likeness (QED) is 0.755. The lowest BCUT2D eigenvalue weighted by Gasteiger charge is -2.17. The number of amides is 1. The van der Waals surface area contributed by atoms with Gasteiger partial charge in [-0.05, 0) is 36.6 Å². The van der Waals surface area contributed by atoms with E-state index in [2.05, 4.69) is 20.2 Å². The summed E-state index contributed by atoms with van der Waals surface area (Å²) in [6.45, 7) is 2.45. The number of methoxy groups -OCH3 is 1. The lowest BCUT2D eigenvalue weighted by Crippen LogP contribution is -2.25. The number of aromatic nitrogens is 2. The Hall–Kier alpha value is -3.15. The molecule has 1 fully saturated rings. The molecule has 0 bridgehead atoms. The summed E-state index contributed by atoms with van der Waals surface area (Å²) in [7, 11) is 1.59. The van der Waals surface area contributed by atoms with E-state index in [0.717, 1.165) is 35.2 Å². The first-order valence-corrected chi connectivity index (χ1v) is 9.16. The molecule has 138 valence electrons. The second-order valence-corrected chi connectivity index (χ2v) is 6.62. The average Bonchev–Trinajstić information content (AvgIpc) is 3.26. The summed E-state index contributed by atoms with van der Waals surface area (Å²) >= 11 is 0. The van der Waals surface area contributed by atoms with Crippen molar-refractivity contribution >= 4 is 22.5 Å². The molecule has 1 saturated heterocycles. The minimum atomic E-state index is -0.184. The summed E-state index contributed by atoms with van der Waals surface area (Å²) in [4.78, 5) is 23.6. The summed E-state index contributed by atoms with van der Waals surface area (Å²) in [5, 5.41) is 3.97. The van der Waals surface area contributed by atoms with Gasteiger partial charge < -0.3 is 15.0 Å². The summed E-state index contributed by atoms with van der Waals surface area (Å²) < 4.78 is 5.29. The van der Waals surface area contributed by atoms with Gasteiger partial charge in [-0.25, -0.2) is 4.98 Å². The first-order chi connectivity index (χ1) is 13.2. The van der Waals surface area contributed by atoms with Crippen molar-refractivity contribution in [2.45, 2.75) is 19.4 Å². The largest absolute Gasteiger partial charge is 0.481 e. The van der Waals surface area contributed by atoms with Crippen LogP contribution in [-0.4, -0.2) is 36.1 Å². The number of rotatable bonds is 5. The van der Waals surface area contributed by atoms with Gasteiger partial charge in [-0.2, -0.15) is 0 Å². The van der Waals surface area contributed by atoms with E-state index in [9.17, 15) is 4.79 Å². The minimum Gasteiger partial charge on any atom is -0.481 e. The Bertz CT molecular complexity index is 967. The molecule has 1 aromatic carbocycles. The minimum absolute atomic E-state index is 0.184. The highest BCUT2D eigenvalue weighted by atomic mass is 16.5. The molecular formula is C21H22N4O2. The standard InChI is InChI=1S/C21H22N4O2/c1-27-20-12-15(17-6-2-3-7-18(17)24-20)14-23-21(26)19-13-16(8-9-22-19)25-10-4-5-11-25/h2-3,6-9,12-13H,4-5,10-11,14H2,1H3,(H,23,26). The van der Waals surface area contributed by atoms with Gasteiger partial charge in [0.15, 0.2) is 0 Å². The van der Waals surface area contributed by atoms with Crippen LogP contribution in [0.5, 0.6) is 5.88 Å². The molecule has 6 heteroatoms. The van der Waals surface area contributed by atoms with Crippen LogP contribution >= 0.6 is 0 Å². The van der Waals surface area contributed by atoms with Crippen LogP contribution in [0.3, 0.4) is 0 Å². The number of carbonyl (C=O) groups is 1. The third-order valence-corrected chi connectivity index (χ3v) is 4.87. The van der Waals surface area contributed by atoms with Crippen molar-refractivity contribution in [3.8, 4) is 5.88 Å². The molecule has 27 heavy (non-hydrogen) atoms. The molecular weight excluding hydrogens is 340 g/mol. The zero-order chi connectivity index (χ0) is 18.6. The maximum absolute atomic E-state index is 12.6. The number of pyridine rings is 2. The normalized spacial score (nSPS) is 13.7. The Morgan fingerprint density at radius 1 is 1.19 bits per heavy atom. The number of para-hydroxylation sites is 1. The van der Waals surface area contributed by atoms with Gasteiger partial charge in [0.05, 0.1) is 12.6 Å². The first-order valence-electron chi connectivity index (χ1n) is 9.16. The molecule has 6 nitrogen and oxygen atoms in total. The van der Waals surface area contributed by atoms with E-state index in [1.807, 2.05) is 42.5 Å². The molecule has 3 aromatic rings. The van der Waals surface area contributed by atoms with Gasteiger partial charge in [0.1, 0.15) is 5.69 Å². The second kappa shape index (κ2) is 7.61.